The second-order valence-corrected chi connectivity index (χ2v) is 5.11. The molecular formula is C16H11ClF3N3O. The Balaban J connectivity index is 1.94. The van der Waals surface area contributed by atoms with Crippen molar-refractivity contribution in [2.45, 2.75) is 0 Å². The number of anilines is 1. The summed E-state index contributed by atoms with van der Waals surface area (Å²) in [5.41, 5.74) is -0.0379. The third-order valence-corrected chi connectivity index (χ3v) is 3.42. The highest BCUT2D eigenvalue weighted by Gasteiger charge is 2.14. The molecule has 2 aromatic carbocycles. The largest absolute Gasteiger partial charge is 0.382 e. The quantitative estimate of drug-likeness (QED) is 0.639. The van der Waals surface area contributed by atoms with Gasteiger partial charge in [-0.05, 0) is 24.3 Å². The molecule has 2 N–H and O–H groups in total. The van der Waals surface area contributed by atoms with E-state index in [1.54, 1.807) is 6.07 Å². The number of rotatable bonds is 5. The van der Waals surface area contributed by atoms with Gasteiger partial charge in [0.2, 0.25) is 0 Å². The number of carbonyl (C=O) groups is 1. The maximum absolute atomic E-state index is 13.4. The van der Waals surface area contributed by atoms with Gasteiger partial charge in [-0.1, -0.05) is 17.7 Å². The highest BCUT2D eigenvalue weighted by Crippen LogP contribution is 2.20. The van der Waals surface area contributed by atoms with E-state index in [1.807, 2.05) is 0 Å². The first-order chi connectivity index (χ1) is 11.4. The van der Waals surface area contributed by atoms with Crippen molar-refractivity contribution in [1.82, 2.24) is 5.32 Å². The van der Waals surface area contributed by atoms with Gasteiger partial charge in [-0.25, -0.2) is 13.2 Å². The molecule has 0 unspecified atom stereocenters. The van der Waals surface area contributed by atoms with E-state index in [-0.39, 0.29) is 34.9 Å². The third-order valence-electron chi connectivity index (χ3n) is 3.11. The van der Waals surface area contributed by atoms with Crippen LogP contribution in [0, 0.1) is 28.8 Å². The number of nitrogens with zero attached hydrogens (tertiary/aromatic N) is 1. The first-order valence-electron chi connectivity index (χ1n) is 6.79. The Morgan fingerprint density at radius 1 is 1.12 bits per heavy atom. The summed E-state index contributed by atoms with van der Waals surface area (Å²) in [5, 5.41) is 13.9. The first kappa shape index (κ1) is 17.6. The summed E-state index contributed by atoms with van der Waals surface area (Å²) in [6, 6.07) is 7.30. The van der Waals surface area contributed by atoms with Crippen LogP contribution in [-0.4, -0.2) is 19.0 Å². The first-order valence-corrected chi connectivity index (χ1v) is 7.17. The number of hydrogen-bond donors (Lipinski definition) is 2. The number of carbonyl (C=O) groups excluding carboxylic acids is 1. The minimum atomic E-state index is -1.18. The average molecular weight is 354 g/mol. The molecule has 0 aromatic heterocycles. The molecule has 2 rings (SSSR count). The molecule has 2 aromatic rings. The van der Waals surface area contributed by atoms with Gasteiger partial charge in [0.15, 0.2) is 11.6 Å². The molecule has 4 nitrogen and oxygen atoms in total. The number of benzene rings is 2. The molecule has 0 aliphatic heterocycles. The molecule has 1 amide bonds. The monoisotopic (exact) mass is 353 g/mol. The van der Waals surface area contributed by atoms with Crippen molar-refractivity contribution >= 4 is 23.2 Å². The van der Waals surface area contributed by atoms with Crippen LogP contribution in [0.3, 0.4) is 0 Å². The van der Waals surface area contributed by atoms with Crippen LogP contribution < -0.4 is 10.6 Å². The van der Waals surface area contributed by atoms with Crippen LogP contribution in [0.5, 0.6) is 0 Å². The van der Waals surface area contributed by atoms with E-state index in [0.29, 0.717) is 6.07 Å². The standard InChI is InChI=1S/C16H11ClF3N3O/c17-11-7-14(20)13(19)6-9(11)16(24)23-5-4-22-15-3-1-2-12(18)10(15)8-21/h1-3,6-7,22H,4-5H2,(H,23,24). The number of amides is 1. The van der Waals surface area contributed by atoms with Gasteiger partial charge in [-0.15, -0.1) is 0 Å². The van der Waals surface area contributed by atoms with Crippen LogP contribution >= 0.6 is 11.6 Å². The fourth-order valence-corrected chi connectivity index (χ4v) is 2.19. The lowest BCUT2D eigenvalue weighted by molar-refractivity contribution is 0.0955. The van der Waals surface area contributed by atoms with Crippen molar-refractivity contribution in [2.24, 2.45) is 0 Å². The normalized spacial score (nSPS) is 10.1. The summed E-state index contributed by atoms with van der Waals surface area (Å²) in [6.45, 7) is 0.278. The van der Waals surface area contributed by atoms with E-state index < -0.39 is 23.4 Å². The highest BCUT2D eigenvalue weighted by molar-refractivity contribution is 6.33. The zero-order valence-electron chi connectivity index (χ0n) is 12.2. The van der Waals surface area contributed by atoms with Gasteiger partial charge in [0.05, 0.1) is 16.3 Å². The van der Waals surface area contributed by atoms with Crippen molar-refractivity contribution < 1.29 is 18.0 Å². The van der Waals surface area contributed by atoms with Gasteiger partial charge in [0.25, 0.3) is 5.91 Å². The zero-order chi connectivity index (χ0) is 17.7. The molecule has 0 heterocycles. The maximum atomic E-state index is 13.4. The van der Waals surface area contributed by atoms with E-state index in [0.717, 1.165) is 12.1 Å². The van der Waals surface area contributed by atoms with E-state index in [1.165, 1.54) is 12.1 Å². The SMILES string of the molecule is N#Cc1c(F)cccc1NCCNC(=O)c1cc(F)c(F)cc1Cl. The van der Waals surface area contributed by atoms with Crippen molar-refractivity contribution in [3.05, 3.63) is 63.9 Å². The minimum Gasteiger partial charge on any atom is -0.382 e. The van der Waals surface area contributed by atoms with Crippen LogP contribution in [0.2, 0.25) is 5.02 Å². The van der Waals surface area contributed by atoms with Crippen molar-refractivity contribution in [2.75, 3.05) is 18.4 Å². The van der Waals surface area contributed by atoms with Gasteiger partial charge in [0, 0.05) is 13.1 Å². The van der Waals surface area contributed by atoms with Crippen LogP contribution in [-0.2, 0) is 0 Å². The predicted molar refractivity (Wildman–Crippen MR) is 83.3 cm³/mol. The van der Waals surface area contributed by atoms with Crippen molar-refractivity contribution in [1.29, 1.82) is 5.26 Å². The van der Waals surface area contributed by atoms with Crippen LogP contribution in [0.25, 0.3) is 0 Å². The average Bonchev–Trinajstić information content (AvgIpc) is 2.55. The summed E-state index contributed by atoms with van der Waals surface area (Å²) >= 11 is 5.70. The molecule has 0 saturated heterocycles. The second-order valence-electron chi connectivity index (χ2n) is 4.70. The van der Waals surface area contributed by atoms with Crippen LogP contribution in [0.4, 0.5) is 18.9 Å². The molecule has 0 bridgehead atoms. The molecule has 0 spiro atoms. The van der Waals surface area contributed by atoms with Crippen LogP contribution in [0.15, 0.2) is 30.3 Å². The minimum absolute atomic E-state index is 0.0928. The number of halogens is 4. The predicted octanol–water partition coefficient (Wildman–Crippen LogP) is 3.47. The lowest BCUT2D eigenvalue weighted by Crippen LogP contribution is -2.29. The summed E-state index contributed by atoms with van der Waals surface area (Å²) in [7, 11) is 0. The Labute approximate surface area is 140 Å². The van der Waals surface area contributed by atoms with E-state index in [4.69, 9.17) is 16.9 Å². The fourth-order valence-electron chi connectivity index (χ4n) is 1.95. The molecule has 0 atom stereocenters. The van der Waals surface area contributed by atoms with E-state index in [2.05, 4.69) is 10.6 Å². The smallest absolute Gasteiger partial charge is 0.252 e. The highest BCUT2D eigenvalue weighted by atomic mass is 35.5. The Morgan fingerprint density at radius 3 is 2.54 bits per heavy atom. The molecule has 24 heavy (non-hydrogen) atoms. The Bertz CT molecular complexity index is 821. The second kappa shape index (κ2) is 7.70. The van der Waals surface area contributed by atoms with Crippen LogP contribution in [0.1, 0.15) is 15.9 Å². The fraction of sp³-hybridized carbons (Fsp3) is 0.125. The van der Waals surface area contributed by atoms with Gasteiger partial charge in [-0.3, -0.25) is 4.79 Å². The number of hydrogen-bond acceptors (Lipinski definition) is 3. The van der Waals surface area contributed by atoms with Crippen molar-refractivity contribution in [3.8, 4) is 6.07 Å². The Morgan fingerprint density at radius 2 is 1.83 bits per heavy atom. The van der Waals surface area contributed by atoms with E-state index in [9.17, 15) is 18.0 Å². The van der Waals surface area contributed by atoms with Gasteiger partial charge in [0.1, 0.15) is 17.4 Å². The molecule has 0 radical (unpaired) electrons. The Hall–Kier alpha value is -2.72. The summed E-state index contributed by atoms with van der Waals surface area (Å²) in [4.78, 5) is 11.9. The summed E-state index contributed by atoms with van der Waals surface area (Å²) < 4.78 is 39.5. The summed E-state index contributed by atoms with van der Waals surface area (Å²) in [6.07, 6.45) is 0. The molecular weight excluding hydrogens is 343 g/mol. The number of nitrogens with one attached hydrogen (secondary N) is 2. The summed E-state index contributed by atoms with van der Waals surface area (Å²) in [5.74, 6) is -3.66. The van der Waals surface area contributed by atoms with Crippen molar-refractivity contribution in [3.63, 3.8) is 0 Å². The van der Waals surface area contributed by atoms with Gasteiger partial charge < -0.3 is 10.6 Å². The zero-order valence-corrected chi connectivity index (χ0v) is 12.9. The number of nitriles is 1. The topological polar surface area (TPSA) is 64.9 Å². The Kier molecular flexibility index (Phi) is 5.66. The molecule has 0 fully saturated rings. The molecule has 0 aliphatic rings. The molecule has 124 valence electrons. The third kappa shape index (κ3) is 3.97. The lowest BCUT2D eigenvalue weighted by Gasteiger charge is -2.10. The molecule has 0 aliphatic carbocycles. The molecule has 0 saturated carbocycles. The van der Waals surface area contributed by atoms with Gasteiger partial charge >= 0.3 is 0 Å². The molecule has 8 heteroatoms. The van der Waals surface area contributed by atoms with Gasteiger partial charge in [-0.2, -0.15) is 5.26 Å². The van der Waals surface area contributed by atoms with E-state index >= 15 is 0 Å². The maximum Gasteiger partial charge on any atom is 0.252 e. The lowest BCUT2D eigenvalue weighted by atomic mass is 10.2.